The monoisotopic (exact) mass is 515 g/mol. The Kier molecular flexibility index (Phi) is 9.15. The highest BCUT2D eigenvalue weighted by Gasteiger charge is 2.46. The van der Waals surface area contributed by atoms with E-state index in [2.05, 4.69) is 5.32 Å². The van der Waals surface area contributed by atoms with Crippen LogP contribution in [0, 0.1) is 5.82 Å². The number of aliphatic hydroxyl groups is 1. The van der Waals surface area contributed by atoms with Gasteiger partial charge >= 0.3 is 6.09 Å². The first kappa shape index (κ1) is 28.4. The van der Waals surface area contributed by atoms with Gasteiger partial charge in [-0.15, -0.1) is 0 Å². The van der Waals surface area contributed by atoms with Crippen molar-refractivity contribution in [2.45, 2.75) is 51.4 Å². The highest BCUT2D eigenvalue weighted by Crippen LogP contribution is 2.33. The number of nitrogens with one attached hydrogen (secondary N) is 1. The molecule has 37 heavy (non-hydrogen) atoms. The van der Waals surface area contributed by atoms with Gasteiger partial charge in [-0.25, -0.2) is 9.18 Å². The fraction of sp³-hybridized carbons (Fsp3) is 0.500. The van der Waals surface area contributed by atoms with Gasteiger partial charge in [0.25, 0.3) is 0 Å². The smallest absolute Gasteiger partial charge is 0.408 e. The van der Waals surface area contributed by atoms with Gasteiger partial charge in [0.15, 0.2) is 0 Å². The normalized spacial score (nSPS) is 17.9. The van der Waals surface area contributed by atoms with Crippen LogP contribution < -0.4 is 10.2 Å². The summed E-state index contributed by atoms with van der Waals surface area (Å²) >= 11 is 0. The third-order valence-electron chi connectivity index (χ3n) is 6.37. The van der Waals surface area contributed by atoms with Crippen LogP contribution in [0.5, 0.6) is 0 Å². The van der Waals surface area contributed by atoms with Gasteiger partial charge in [-0.3, -0.25) is 4.79 Å². The molecule has 1 aliphatic heterocycles. The SMILES string of the molecule is COCCN(C)C(=O)C1(NC(=O)OC(C)(C)C)CCCN(c2ccc(-c3cccc(F)c3)cc2CO)C1. The van der Waals surface area contributed by atoms with Crippen molar-refractivity contribution >= 4 is 17.7 Å². The molecule has 1 unspecified atom stereocenters. The maximum Gasteiger partial charge on any atom is 0.408 e. The number of likely N-dealkylation sites (N-methyl/N-ethyl adjacent to an activating group) is 1. The quantitative estimate of drug-likeness (QED) is 0.553. The van der Waals surface area contributed by atoms with Crippen LogP contribution >= 0.6 is 0 Å². The van der Waals surface area contributed by atoms with E-state index in [-0.39, 0.29) is 24.9 Å². The summed E-state index contributed by atoms with van der Waals surface area (Å²) in [5.41, 5.74) is 0.937. The van der Waals surface area contributed by atoms with Crippen molar-refractivity contribution in [3.63, 3.8) is 0 Å². The van der Waals surface area contributed by atoms with E-state index in [4.69, 9.17) is 9.47 Å². The lowest BCUT2D eigenvalue weighted by Crippen LogP contribution is -2.67. The van der Waals surface area contributed by atoms with Gasteiger partial charge in [0.2, 0.25) is 5.91 Å². The van der Waals surface area contributed by atoms with Crippen LogP contribution in [0.4, 0.5) is 14.9 Å². The minimum absolute atomic E-state index is 0.203. The molecule has 3 rings (SSSR count). The number of alkyl carbamates (subject to hydrolysis) is 1. The van der Waals surface area contributed by atoms with Crippen molar-refractivity contribution in [3.8, 4) is 11.1 Å². The van der Waals surface area contributed by atoms with Gasteiger partial charge in [0.1, 0.15) is 17.0 Å². The van der Waals surface area contributed by atoms with E-state index >= 15 is 0 Å². The number of amides is 2. The van der Waals surface area contributed by atoms with Gasteiger partial charge in [-0.05, 0) is 69.0 Å². The Bertz CT molecular complexity index is 1100. The highest BCUT2D eigenvalue weighted by molar-refractivity contribution is 5.91. The summed E-state index contributed by atoms with van der Waals surface area (Å²) in [7, 11) is 3.26. The molecule has 2 amide bonds. The zero-order valence-electron chi connectivity index (χ0n) is 22.3. The molecule has 202 valence electrons. The Balaban J connectivity index is 1.94. The van der Waals surface area contributed by atoms with E-state index in [0.29, 0.717) is 43.7 Å². The third-order valence-corrected chi connectivity index (χ3v) is 6.37. The number of ether oxygens (including phenoxy) is 2. The Hall–Kier alpha value is -3.17. The van der Waals surface area contributed by atoms with Gasteiger partial charge in [-0.1, -0.05) is 18.2 Å². The number of anilines is 1. The molecule has 1 atom stereocenters. The molecule has 0 spiro atoms. The lowest BCUT2D eigenvalue weighted by atomic mass is 9.86. The predicted octanol–water partition coefficient (Wildman–Crippen LogP) is 3.95. The van der Waals surface area contributed by atoms with Gasteiger partial charge < -0.3 is 29.7 Å². The Morgan fingerprint density at radius 2 is 1.92 bits per heavy atom. The van der Waals surface area contributed by atoms with E-state index < -0.39 is 17.2 Å². The van der Waals surface area contributed by atoms with Crippen LogP contribution in [0.2, 0.25) is 0 Å². The molecule has 0 aliphatic carbocycles. The summed E-state index contributed by atoms with van der Waals surface area (Å²) in [5.74, 6) is -0.570. The van der Waals surface area contributed by atoms with Gasteiger partial charge in [-0.2, -0.15) is 0 Å². The van der Waals surface area contributed by atoms with E-state index in [1.54, 1.807) is 45.9 Å². The number of methoxy groups -OCH3 is 1. The van der Waals surface area contributed by atoms with E-state index in [9.17, 15) is 19.1 Å². The van der Waals surface area contributed by atoms with Crippen LogP contribution in [0.25, 0.3) is 11.1 Å². The van der Waals surface area contributed by atoms with Crippen LogP contribution in [-0.2, 0) is 20.9 Å². The summed E-state index contributed by atoms with van der Waals surface area (Å²) in [4.78, 5) is 30.1. The van der Waals surface area contributed by atoms with Crippen LogP contribution in [0.3, 0.4) is 0 Å². The molecule has 8 nitrogen and oxygen atoms in total. The van der Waals surface area contributed by atoms with Gasteiger partial charge in [0.05, 0.1) is 19.8 Å². The number of carbonyl (C=O) groups is 2. The average Bonchev–Trinajstić information content (AvgIpc) is 2.85. The highest BCUT2D eigenvalue weighted by atomic mass is 19.1. The maximum atomic E-state index is 13.8. The minimum Gasteiger partial charge on any atom is -0.444 e. The lowest BCUT2D eigenvalue weighted by Gasteiger charge is -2.45. The summed E-state index contributed by atoms with van der Waals surface area (Å²) in [6.45, 7) is 6.66. The average molecular weight is 516 g/mol. The number of halogens is 1. The summed E-state index contributed by atoms with van der Waals surface area (Å²) in [6, 6.07) is 11.8. The molecule has 0 radical (unpaired) electrons. The summed E-state index contributed by atoms with van der Waals surface area (Å²) in [5, 5.41) is 13.1. The summed E-state index contributed by atoms with van der Waals surface area (Å²) in [6.07, 6.45) is 0.414. The molecular weight excluding hydrogens is 477 g/mol. The van der Waals surface area contributed by atoms with Crippen molar-refractivity contribution < 1.29 is 28.6 Å². The van der Waals surface area contributed by atoms with Crippen molar-refractivity contribution in [2.75, 3.05) is 45.3 Å². The minimum atomic E-state index is -1.23. The van der Waals surface area contributed by atoms with Crippen LogP contribution in [-0.4, -0.2) is 73.5 Å². The first-order chi connectivity index (χ1) is 17.5. The van der Waals surface area contributed by atoms with Gasteiger partial charge in [0, 0.05) is 38.5 Å². The predicted molar refractivity (Wildman–Crippen MR) is 141 cm³/mol. The fourth-order valence-corrected chi connectivity index (χ4v) is 4.65. The second-order valence-electron chi connectivity index (χ2n) is 10.5. The van der Waals surface area contributed by atoms with Crippen LogP contribution in [0.1, 0.15) is 39.2 Å². The molecule has 1 saturated heterocycles. The zero-order chi connectivity index (χ0) is 27.2. The molecule has 0 aromatic heterocycles. The molecule has 2 aromatic rings. The second kappa shape index (κ2) is 11.9. The number of aliphatic hydroxyl groups excluding tert-OH is 1. The van der Waals surface area contributed by atoms with E-state index in [1.165, 1.54) is 12.1 Å². The number of piperidine rings is 1. The number of rotatable bonds is 8. The Morgan fingerprint density at radius 1 is 1.19 bits per heavy atom. The molecule has 1 fully saturated rings. The number of nitrogens with zero attached hydrogens (tertiary/aromatic N) is 2. The molecule has 2 aromatic carbocycles. The first-order valence-corrected chi connectivity index (χ1v) is 12.5. The van der Waals surface area contributed by atoms with Crippen molar-refractivity contribution in [1.29, 1.82) is 0 Å². The van der Waals surface area contributed by atoms with Crippen molar-refractivity contribution in [2.24, 2.45) is 0 Å². The molecule has 9 heteroatoms. The molecule has 0 saturated carbocycles. The van der Waals surface area contributed by atoms with E-state index in [0.717, 1.165) is 11.3 Å². The van der Waals surface area contributed by atoms with Crippen molar-refractivity contribution in [3.05, 3.63) is 53.8 Å². The third kappa shape index (κ3) is 7.20. The number of hydrogen-bond acceptors (Lipinski definition) is 6. The Morgan fingerprint density at radius 3 is 2.57 bits per heavy atom. The molecule has 0 bridgehead atoms. The number of carbonyl (C=O) groups excluding carboxylic acids is 2. The fourth-order valence-electron chi connectivity index (χ4n) is 4.65. The lowest BCUT2D eigenvalue weighted by molar-refractivity contribution is -0.138. The number of benzene rings is 2. The topological polar surface area (TPSA) is 91.3 Å². The molecular formula is C28H38FN3O5. The maximum absolute atomic E-state index is 13.8. The molecule has 1 heterocycles. The second-order valence-corrected chi connectivity index (χ2v) is 10.5. The molecule has 1 aliphatic rings. The largest absolute Gasteiger partial charge is 0.444 e. The van der Waals surface area contributed by atoms with E-state index in [1.807, 2.05) is 29.2 Å². The number of hydrogen-bond donors (Lipinski definition) is 2. The standard InChI is InChI=1S/C28H38FN3O5/c1-27(2,3)37-26(35)30-28(25(34)31(4)14-15-36-5)12-7-13-32(19-28)24-11-10-21(16-22(24)18-33)20-8-6-9-23(29)17-20/h6,8-11,16-17,33H,7,12-15,18-19H2,1-5H3,(H,30,35). The van der Waals surface area contributed by atoms with Crippen LogP contribution in [0.15, 0.2) is 42.5 Å². The first-order valence-electron chi connectivity index (χ1n) is 12.5. The molecule has 2 N–H and O–H groups in total. The Labute approximate surface area is 218 Å². The zero-order valence-corrected chi connectivity index (χ0v) is 22.3. The summed E-state index contributed by atoms with van der Waals surface area (Å²) < 4.78 is 24.4. The van der Waals surface area contributed by atoms with Crippen molar-refractivity contribution in [1.82, 2.24) is 10.2 Å².